The number of piperazine rings is 1. The van der Waals surface area contributed by atoms with E-state index in [9.17, 15) is 5.11 Å². The molecule has 0 bridgehead atoms. The number of rotatable bonds is 7. The highest BCUT2D eigenvalue weighted by molar-refractivity contribution is 6.30. The van der Waals surface area contributed by atoms with Gasteiger partial charge < -0.3 is 14.7 Å². The van der Waals surface area contributed by atoms with E-state index in [0.29, 0.717) is 19.8 Å². The van der Waals surface area contributed by atoms with Gasteiger partial charge >= 0.3 is 0 Å². The third-order valence-corrected chi connectivity index (χ3v) is 3.80. The summed E-state index contributed by atoms with van der Waals surface area (Å²) >= 11 is 5.82. The monoisotopic (exact) mass is 313 g/mol. The smallest absolute Gasteiger partial charge is 0.0911 e. The first-order chi connectivity index (χ1) is 10.1. The van der Waals surface area contributed by atoms with Gasteiger partial charge in [0.2, 0.25) is 0 Å². The Morgan fingerprint density at radius 3 is 2.57 bits per heavy atom. The summed E-state index contributed by atoms with van der Waals surface area (Å²) in [4.78, 5) is 2.30. The Hall–Kier alpha value is -0.690. The van der Waals surface area contributed by atoms with Crippen LogP contribution in [0.3, 0.4) is 0 Å². The molecule has 1 atom stereocenters. The van der Waals surface area contributed by atoms with Crippen LogP contribution in [0.5, 0.6) is 0 Å². The molecule has 1 aromatic rings. The molecule has 0 radical (unpaired) electrons. The molecule has 0 aliphatic carbocycles. The summed E-state index contributed by atoms with van der Waals surface area (Å²) in [6.07, 6.45) is -0.503. The minimum atomic E-state index is -0.503. The number of benzene rings is 1. The van der Waals surface area contributed by atoms with Crippen molar-refractivity contribution in [3.05, 3.63) is 34.9 Å². The number of hydrogen-bond acceptors (Lipinski definition) is 5. The molecule has 0 saturated carbocycles. The van der Waals surface area contributed by atoms with Crippen molar-refractivity contribution in [3.63, 3.8) is 0 Å². The number of aliphatic hydroxyl groups excluding tert-OH is 1. The molecule has 5 nitrogen and oxygen atoms in total. The molecule has 0 spiro atoms. The number of likely N-dealkylation sites (N-methyl/N-ethyl adjacent to an activating group) is 1. The van der Waals surface area contributed by atoms with Crippen LogP contribution in [0.25, 0.3) is 0 Å². The van der Waals surface area contributed by atoms with Crippen LogP contribution in [-0.2, 0) is 11.3 Å². The molecule has 0 amide bonds. The van der Waals surface area contributed by atoms with E-state index < -0.39 is 6.10 Å². The van der Waals surface area contributed by atoms with Crippen LogP contribution < -0.4 is 5.43 Å². The number of halogens is 1. The van der Waals surface area contributed by atoms with Gasteiger partial charge in [0.05, 0.1) is 19.3 Å². The van der Waals surface area contributed by atoms with Crippen LogP contribution in [0.1, 0.15) is 5.56 Å². The SMILES string of the molecule is CN1CCN(NCC(O)COCc2ccc(Cl)cc2)CC1. The Kier molecular flexibility index (Phi) is 6.89. The Morgan fingerprint density at radius 1 is 1.24 bits per heavy atom. The van der Waals surface area contributed by atoms with Crippen LogP contribution >= 0.6 is 11.6 Å². The molecule has 21 heavy (non-hydrogen) atoms. The Labute approximate surface area is 131 Å². The molecular weight excluding hydrogens is 290 g/mol. The van der Waals surface area contributed by atoms with Crippen LogP contribution in [0.4, 0.5) is 0 Å². The van der Waals surface area contributed by atoms with Crippen LogP contribution in [0, 0.1) is 0 Å². The highest BCUT2D eigenvalue weighted by Gasteiger charge is 2.14. The zero-order chi connectivity index (χ0) is 15.1. The molecule has 1 aliphatic rings. The molecule has 6 heteroatoms. The molecule has 1 saturated heterocycles. The molecule has 1 aliphatic heterocycles. The predicted octanol–water partition coefficient (Wildman–Crippen LogP) is 0.970. The number of ether oxygens (including phenoxy) is 1. The number of aliphatic hydroxyl groups is 1. The van der Waals surface area contributed by atoms with E-state index >= 15 is 0 Å². The van der Waals surface area contributed by atoms with Crippen LogP contribution in [0.15, 0.2) is 24.3 Å². The minimum absolute atomic E-state index is 0.323. The third kappa shape index (κ3) is 6.30. The van der Waals surface area contributed by atoms with Crippen molar-refractivity contribution >= 4 is 11.6 Å². The van der Waals surface area contributed by atoms with E-state index in [1.54, 1.807) is 0 Å². The van der Waals surface area contributed by atoms with Gasteiger partial charge in [-0.25, -0.2) is 5.01 Å². The van der Waals surface area contributed by atoms with Gasteiger partial charge in [-0.3, -0.25) is 5.43 Å². The average Bonchev–Trinajstić information content (AvgIpc) is 2.49. The second-order valence-corrected chi connectivity index (χ2v) is 5.88. The van der Waals surface area contributed by atoms with Gasteiger partial charge in [-0.05, 0) is 24.7 Å². The van der Waals surface area contributed by atoms with E-state index in [0.717, 1.165) is 36.8 Å². The largest absolute Gasteiger partial charge is 0.389 e. The Morgan fingerprint density at radius 2 is 1.90 bits per heavy atom. The zero-order valence-corrected chi connectivity index (χ0v) is 13.2. The summed E-state index contributed by atoms with van der Waals surface area (Å²) in [6.45, 7) is 5.40. The minimum Gasteiger partial charge on any atom is -0.389 e. The van der Waals surface area contributed by atoms with Gasteiger partial charge in [-0.15, -0.1) is 0 Å². The molecule has 2 N–H and O–H groups in total. The summed E-state index contributed by atoms with van der Waals surface area (Å²) in [6, 6.07) is 7.53. The maximum atomic E-state index is 9.91. The molecule has 118 valence electrons. The quantitative estimate of drug-likeness (QED) is 0.785. The molecule has 2 rings (SSSR count). The van der Waals surface area contributed by atoms with Crippen molar-refractivity contribution in [3.8, 4) is 0 Å². The van der Waals surface area contributed by atoms with E-state index in [1.165, 1.54) is 0 Å². The first-order valence-corrected chi connectivity index (χ1v) is 7.68. The lowest BCUT2D eigenvalue weighted by molar-refractivity contribution is 0.0111. The van der Waals surface area contributed by atoms with Gasteiger partial charge in [0.1, 0.15) is 0 Å². The standard InChI is InChI=1S/C15H24ClN3O2/c1-18-6-8-19(9-7-18)17-10-15(20)12-21-11-13-2-4-14(16)5-3-13/h2-5,15,17,20H,6-12H2,1H3. The van der Waals surface area contributed by atoms with Crippen molar-refractivity contribution in [1.82, 2.24) is 15.3 Å². The Bertz CT molecular complexity index is 408. The van der Waals surface area contributed by atoms with E-state index in [1.807, 2.05) is 24.3 Å². The predicted molar refractivity (Wildman–Crippen MR) is 84.2 cm³/mol. The van der Waals surface area contributed by atoms with Gasteiger partial charge in [-0.2, -0.15) is 0 Å². The second-order valence-electron chi connectivity index (χ2n) is 5.45. The molecule has 1 aromatic carbocycles. The Balaban J connectivity index is 1.57. The molecule has 1 fully saturated rings. The first-order valence-electron chi connectivity index (χ1n) is 7.31. The summed E-state index contributed by atoms with van der Waals surface area (Å²) in [5, 5.41) is 12.8. The van der Waals surface area contributed by atoms with Crippen molar-refractivity contribution in [2.75, 3.05) is 46.4 Å². The fraction of sp³-hybridized carbons (Fsp3) is 0.600. The van der Waals surface area contributed by atoms with Gasteiger partial charge in [0.25, 0.3) is 0 Å². The summed E-state index contributed by atoms with van der Waals surface area (Å²) in [5.41, 5.74) is 4.31. The van der Waals surface area contributed by atoms with Gasteiger partial charge in [0, 0.05) is 37.7 Å². The highest BCUT2D eigenvalue weighted by Crippen LogP contribution is 2.10. The maximum Gasteiger partial charge on any atom is 0.0911 e. The van der Waals surface area contributed by atoms with Gasteiger partial charge in [0.15, 0.2) is 0 Å². The molecule has 0 aromatic heterocycles. The van der Waals surface area contributed by atoms with E-state index in [-0.39, 0.29) is 0 Å². The van der Waals surface area contributed by atoms with Crippen molar-refractivity contribution in [2.45, 2.75) is 12.7 Å². The number of hydrogen-bond donors (Lipinski definition) is 2. The van der Waals surface area contributed by atoms with Gasteiger partial charge in [-0.1, -0.05) is 23.7 Å². The van der Waals surface area contributed by atoms with Crippen LogP contribution in [-0.4, -0.2) is 67.5 Å². The number of nitrogens with one attached hydrogen (secondary N) is 1. The number of nitrogens with zero attached hydrogens (tertiary/aromatic N) is 2. The normalized spacial score (nSPS) is 18.8. The summed E-state index contributed by atoms with van der Waals surface area (Å²) in [7, 11) is 2.12. The first kappa shape index (κ1) is 16.7. The lowest BCUT2D eigenvalue weighted by Crippen LogP contribution is -2.52. The molecular formula is C15H24ClN3O2. The van der Waals surface area contributed by atoms with Crippen molar-refractivity contribution in [2.24, 2.45) is 0 Å². The average molecular weight is 314 g/mol. The third-order valence-electron chi connectivity index (χ3n) is 3.55. The fourth-order valence-electron chi connectivity index (χ4n) is 2.15. The van der Waals surface area contributed by atoms with E-state index in [4.69, 9.17) is 16.3 Å². The lowest BCUT2D eigenvalue weighted by Gasteiger charge is -2.33. The topological polar surface area (TPSA) is 48.0 Å². The van der Waals surface area contributed by atoms with Crippen molar-refractivity contribution in [1.29, 1.82) is 0 Å². The van der Waals surface area contributed by atoms with Crippen LogP contribution in [0.2, 0.25) is 5.02 Å². The summed E-state index contributed by atoms with van der Waals surface area (Å²) < 4.78 is 5.52. The lowest BCUT2D eigenvalue weighted by atomic mass is 10.2. The second kappa shape index (κ2) is 8.68. The van der Waals surface area contributed by atoms with Crippen molar-refractivity contribution < 1.29 is 9.84 Å². The highest BCUT2D eigenvalue weighted by atomic mass is 35.5. The van der Waals surface area contributed by atoms with E-state index in [2.05, 4.69) is 22.4 Å². The zero-order valence-electron chi connectivity index (χ0n) is 12.5. The molecule has 1 heterocycles. The number of hydrazine groups is 1. The summed E-state index contributed by atoms with van der Waals surface area (Å²) in [5.74, 6) is 0. The maximum absolute atomic E-state index is 9.91. The fourth-order valence-corrected chi connectivity index (χ4v) is 2.28. The molecule has 1 unspecified atom stereocenters.